The molecule has 2 saturated heterocycles. The zero-order valence-electron chi connectivity index (χ0n) is 13.0. The van der Waals surface area contributed by atoms with Gasteiger partial charge in [0.05, 0.1) is 0 Å². The number of hydrogen-bond acceptors (Lipinski definition) is 2. The van der Waals surface area contributed by atoms with Crippen LogP contribution in [0.4, 0.5) is 0 Å². The smallest absolute Gasteiger partial charge is 0.0469 e. The van der Waals surface area contributed by atoms with Crippen LogP contribution < -0.4 is 0 Å². The highest BCUT2D eigenvalue weighted by molar-refractivity contribution is 4.80. The fraction of sp³-hybridized carbons (Fsp3) is 1.00. The number of hydrogen-bond donors (Lipinski definition) is 0. The third kappa shape index (κ3) is 6.19. The molecule has 0 aliphatic carbocycles. The van der Waals surface area contributed by atoms with Crippen LogP contribution in [0.1, 0.15) is 59.8 Å². The molecule has 108 valence electrons. The van der Waals surface area contributed by atoms with E-state index in [9.17, 15) is 0 Å². The van der Waals surface area contributed by atoms with Gasteiger partial charge in [0.15, 0.2) is 0 Å². The Bertz CT molecular complexity index is 199. The summed E-state index contributed by atoms with van der Waals surface area (Å²) in [6, 6.07) is 0. The van der Waals surface area contributed by atoms with Crippen LogP contribution in [0.15, 0.2) is 0 Å². The van der Waals surface area contributed by atoms with Gasteiger partial charge in [-0.1, -0.05) is 34.1 Å². The molecule has 0 aromatic heterocycles. The van der Waals surface area contributed by atoms with Crippen molar-refractivity contribution in [3.05, 3.63) is 0 Å². The van der Waals surface area contributed by atoms with E-state index in [1.807, 2.05) is 0 Å². The van der Waals surface area contributed by atoms with Crippen LogP contribution in [0.3, 0.4) is 0 Å². The van der Waals surface area contributed by atoms with Gasteiger partial charge < -0.3 is 9.64 Å². The molecule has 0 atom stereocenters. The molecular formula is C16H33NO. The van der Waals surface area contributed by atoms with E-state index in [2.05, 4.69) is 32.6 Å². The van der Waals surface area contributed by atoms with Crippen LogP contribution in [-0.4, -0.2) is 37.7 Å². The predicted molar refractivity (Wildman–Crippen MR) is 79.0 cm³/mol. The van der Waals surface area contributed by atoms with E-state index in [1.165, 1.54) is 51.7 Å². The Morgan fingerprint density at radius 1 is 1.06 bits per heavy atom. The Kier molecular flexibility index (Phi) is 7.25. The molecule has 2 aliphatic rings. The molecule has 2 fully saturated rings. The summed E-state index contributed by atoms with van der Waals surface area (Å²) in [6.07, 6.45) is 6.55. The van der Waals surface area contributed by atoms with Crippen molar-refractivity contribution < 1.29 is 4.74 Å². The Morgan fingerprint density at radius 3 is 2.06 bits per heavy atom. The van der Waals surface area contributed by atoms with Crippen molar-refractivity contribution in [1.82, 2.24) is 4.90 Å². The van der Waals surface area contributed by atoms with Crippen molar-refractivity contribution in [2.45, 2.75) is 59.8 Å². The monoisotopic (exact) mass is 255 g/mol. The lowest BCUT2D eigenvalue weighted by Gasteiger charge is -2.39. The minimum absolute atomic E-state index is 0.589. The number of nitrogens with zero attached hydrogens (tertiary/aromatic N) is 1. The lowest BCUT2D eigenvalue weighted by atomic mass is 9.82. The molecule has 0 bridgehead atoms. The van der Waals surface area contributed by atoms with E-state index in [-0.39, 0.29) is 0 Å². The molecule has 2 heteroatoms. The Morgan fingerprint density at radius 2 is 1.56 bits per heavy atom. The molecular weight excluding hydrogens is 222 g/mol. The largest absolute Gasteiger partial charge is 0.381 e. The van der Waals surface area contributed by atoms with E-state index in [0.717, 1.165) is 19.1 Å². The van der Waals surface area contributed by atoms with Gasteiger partial charge in [0.25, 0.3) is 0 Å². The summed E-state index contributed by atoms with van der Waals surface area (Å²) in [7, 11) is 0. The fourth-order valence-corrected chi connectivity index (χ4v) is 2.64. The van der Waals surface area contributed by atoms with Crippen molar-refractivity contribution in [1.29, 1.82) is 0 Å². The topological polar surface area (TPSA) is 12.5 Å². The van der Waals surface area contributed by atoms with Crippen LogP contribution >= 0.6 is 0 Å². The van der Waals surface area contributed by atoms with Gasteiger partial charge in [-0.15, -0.1) is 0 Å². The van der Waals surface area contributed by atoms with Crippen molar-refractivity contribution in [2.24, 2.45) is 11.3 Å². The van der Waals surface area contributed by atoms with Crippen molar-refractivity contribution >= 4 is 0 Å². The second-order valence-electron chi connectivity index (χ2n) is 6.73. The summed E-state index contributed by atoms with van der Waals surface area (Å²) in [5.74, 6) is 0.903. The van der Waals surface area contributed by atoms with E-state index in [4.69, 9.17) is 4.74 Å². The third-order valence-corrected chi connectivity index (χ3v) is 4.07. The van der Waals surface area contributed by atoms with E-state index in [1.54, 1.807) is 0 Å². The molecule has 0 unspecified atom stereocenters. The molecule has 2 nitrogen and oxygen atoms in total. The molecule has 2 aliphatic heterocycles. The molecule has 0 N–H and O–H groups in total. The molecule has 0 amide bonds. The minimum Gasteiger partial charge on any atom is -0.381 e. The quantitative estimate of drug-likeness (QED) is 0.741. The van der Waals surface area contributed by atoms with Crippen LogP contribution in [0.2, 0.25) is 0 Å². The average molecular weight is 255 g/mol. The zero-order chi connectivity index (χ0) is 13.4. The maximum atomic E-state index is 5.40. The Balaban J connectivity index is 0.000000492. The first-order valence-corrected chi connectivity index (χ1v) is 7.87. The van der Waals surface area contributed by atoms with Crippen LogP contribution in [0, 0.1) is 11.3 Å². The molecule has 2 rings (SSSR count). The lowest BCUT2D eigenvalue weighted by molar-refractivity contribution is 0.0412. The summed E-state index contributed by atoms with van der Waals surface area (Å²) in [6.45, 7) is 15.0. The number of ether oxygens (including phenoxy) is 1. The first-order valence-electron chi connectivity index (χ1n) is 7.87. The number of rotatable bonds is 2. The van der Waals surface area contributed by atoms with Gasteiger partial charge in [0.2, 0.25) is 0 Å². The van der Waals surface area contributed by atoms with Crippen molar-refractivity contribution in [3.8, 4) is 0 Å². The highest BCUT2D eigenvalue weighted by atomic mass is 16.5. The maximum Gasteiger partial charge on any atom is 0.0469 e. The molecule has 0 spiro atoms. The third-order valence-electron chi connectivity index (χ3n) is 4.07. The molecule has 18 heavy (non-hydrogen) atoms. The van der Waals surface area contributed by atoms with Crippen LogP contribution in [0.25, 0.3) is 0 Å². The standard InChI is InChI=1S/C13H25NO.C3H8/c1-13(2)5-7-14(8-6-13)11-12-3-9-15-10-4-12;1-3-2/h12H,3-11H2,1-2H3;3H2,1-2H3. The molecule has 2 heterocycles. The summed E-state index contributed by atoms with van der Waals surface area (Å²) < 4.78 is 5.40. The van der Waals surface area contributed by atoms with Gasteiger partial charge in [0, 0.05) is 19.8 Å². The van der Waals surface area contributed by atoms with Crippen molar-refractivity contribution in [3.63, 3.8) is 0 Å². The Hall–Kier alpha value is -0.0800. The Labute approximate surface area is 114 Å². The number of piperidine rings is 1. The lowest BCUT2D eigenvalue weighted by Crippen LogP contribution is -2.40. The number of likely N-dealkylation sites (tertiary alicyclic amines) is 1. The van der Waals surface area contributed by atoms with Gasteiger partial charge in [-0.3, -0.25) is 0 Å². The first kappa shape index (κ1) is 16.0. The zero-order valence-corrected chi connectivity index (χ0v) is 13.0. The SMILES string of the molecule is CC1(C)CCN(CC2CCOCC2)CC1.CCC. The van der Waals surface area contributed by atoms with Gasteiger partial charge in [0.1, 0.15) is 0 Å². The first-order chi connectivity index (χ1) is 8.57. The van der Waals surface area contributed by atoms with Crippen LogP contribution in [-0.2, 0) is 4.74 Å². The van der Waals surface area contributed by atoms with Crippen molar-refractivity contribution in [2.75, 3.05) is 32.8 Å². The maximum absolute atomic E-state index is 5.40. The second-order valence-corrected chi connectivity index (χ2v) is 6.73. The van der Waals surface area contributed by atoms with E-state index >= 15 is 0 Å². The highest BCUT2D eigenvalue weighted by Crippen LogP contribution is 2.30. The second kappa shape index (κ2) is 8.16. The minimum atomic E-state index is 0.589. The average Bonchev–Trinajstić information content (AvgIpc) is 2.34. The molecule has 0 aromatic carbocycles. The predicted octanol–water partition coefficient (Wildman–Crippen LogP) is 3.95. The summed E-state index contributed by atoms with van der Waals surface area (Å²) >= 11 is 0. The van der Waals surface area contributed by atoms with E-state index < -0.39 is 0 Å². The molecule has 0 radical (unpaired) electrons. The summed E-state index contributed by atoms with van der Waals surface area (Å²) in [4.78, 5) is 2.67. The van der Waals surface area contributed by atoms with Gasteiger partial charge in [-0.05, 0) is 50.1 Å². The van der Waals surface area contributed by atoms with Gasteiger partial charge in [-0.2, -0.15) is 0 Å². The summed E-state index contributed by atoms with van der Waals surface area (Å²) in [5.41, 5.74) is 0.589. The van der Waals surface area contributed by atoms with E-state index in [0.29, 0.717) is 5.41 Å². The molecule has 0 aromatic rings. The summed E-state index contributed by atoms with van der Waals surface area (Å²) in [5, 5.41) is 0. The highest BCUT2D eigenvalue weighted by Gasteiger charge is 2.26. The molecule has 0 saturated carbocycles. The van der Waals surface area contributed by atoms with Gasteiger partial charge in [-0.25, -0.2) is 0 Å². The fourth-order valence-electron chi connectivity index (χ4n) is 2.64. The normalized spacial score (nSPS) is 25.3. The van der Waals surface area contributed by atoms with Crippen LogP contribution in [0.5, 0.6) is 0 Å². The van der Waals surface area contributed by atoms with Gasteiger partial charge >= 0.3 is 0 Å².